The number of nitrogens with zero attached hydrogens (tertiary/aromatic N) is 3. The Morgan fingerprint density at radius 2 is 1.68 bits per heavy atom. The summed E-state index contributed by atoms with van der Waals surface area (Å²) in [7, 11) is 5.52. The fourth-order valence-corrected chi connectivity index (χ4v) is 2.36. The quantitative estimate of drug-likeness (QED) is 0.884. The van der Waals surface area contributed by atoms with E-state index in [1.165, 1.54) is 4.90 Å². The Morgan fingerprint density at radius 1 is 1.09 bits per heavy atom. The zero-order valence-electron chi connectivity index (χ0n) is 13.5. The molecule has 0 radical (unpaired) electrons. The highest BCUT2D eigenvalue weighted by molar-refractivity contribution is 5.96. The standard InChI is InChI=1S/C16H24N4O2/c1-18(2)16(22)13-4-6-14(7-5-13)17-15(21)12-20-10-8-19(3)9-11-20/h4-7H,8-12H2,1-3H3,(H,17,21). The molecule has 0 spiro atoms. The highest BCUT2D eigenvalue weighted by atomic mass is 16.2. The molecule has 1 heterocycles. The molecule has 2 rings (SSSR count). The molecule has 0 aliphatic carbocycles. The average Bonchev–Trinajstić information content (AvgIpc) is 2.49. The van der Waals surface area contributed by atoms with Crippen molar-refractivity contribution in [2.24, 2.45) is 0 Å². The molecule has 0 aromatic heterocycles. The second kappa shape index (κ2) is 7.38. The van der Waals surface area contributed by atoms with Crippen molar-refractivity contribution < 1.29 is 9.59 Å². The number of hydrogen-bond donors (Lipinski definition) is 1. The number of hydrogen-bond acceptors (Lipinski definition) is 4. The summed E-state index contributed by atoms with van der Waals surface area (Å²) in [6.07, 6.45) is 0. The largest absolute Gasteiger partial charge is 0.345 e. The Kier molecular flexibility index (Phi) is 5.51. The summed E-state index contributed by atoms with van der Waals surface area (Å²) in [5, 5.41) is 2.88. The van der Waals surface area contributed by atoms with Gasteiger partial charge in [0.05, 0.1) is 6.54 Å². The molecule has 0 unspecified atom stereocenters. The third-order valence-corrected chi connectivity index (χ3v) is 3.78. The summed E-state index contributed by atoms with van der Waals surface area (Å²) in [4.78, 5) is 29.8. The molecule has 1 aromatic carbocycles. The molecule has 6 heteroatoms. The van der Waals surface area contributed by atoms with Crippen LogP contribution in [0.5, 0.6) is 0 Å². The van der Waals surface area contributed by atoms with Gasteiger partial charge in [-0.3, -0.25) is 14.5 Å². The number of anilines is 1. The molecule has 1 aromatic rings. The lowest BCUT2D eigenvalue weighted by atomic mass is 10.2. The van der Waals surface area contributed by atoms with E-state index < -0.39 is 0 Å². The molecule has 22 heavy (non-hydrogen) atoms. The lowest BCUT2D eigenvalue weighted by Crippen LogP contribution is -2.47. The van der Waals surface area contributed by atoms with E-state index in [1.54, 1.807) is 38.4 Å². The Balaban J connectivity index is 1.85. The molecule has 0 atom stereocenters. The van der Waals surface area contributed by atoms with Crippen LogP contribution in [0.4, 0.5) is 5.69 Å². The van der Waals surface area contributed by atoms with Gasteiger partial charge in [-0.25, -0.2) is 0 Å². The summed E-state index contributed by atoms with van der Waals surface area (Å²) in [6, 6.07) is 6.98. The van der Waals surface area contributed by atoms with Gasteiger partial charge in [0, 0.05) is 51.5 Å². The number of likely N-dealkylation sites (N-methyl/N-ethyl adjacent to an activating group) is 1. The fourth-order valence-electron chi connectivity index (χ4n) is 2.36. The van der Waals surface area contributed by atoms with Crippen LogP contribution >= 0.6 is 0 Å². The van der Waals surface area contributed by atoms with E-state index in [9.17, 15) is 9.59 Å². The van der Waals surface area contributed by atoms with E-state index in [0.717, 1.165) is 31.9 Å². The predicted octanol–water partition coefficient (Wildman–Crippen LogP) is 0.574. The zero-order valence-corrected chi connectivity index (χ0v) is 13.5. The van der Waals surface area contributed by atoms with Crippen molar-refractivity contribution in [3.05, 3.63) is 29.8 Å². The van der Waals surface area contributed by atoms with Crippen molar-refractivity contribution in [2.45, 2.75) is 0 Å². The minimum atomic E-state index is -0.0460. The highest BCUT2D eigenvalue weighted by Crippen LogP contribution is 2.11. The molecule has 6 nitrogen and oxygen atoms in total. The van der Waals surface area contributed by atoms with Crippen LogP contribution in [0, 0.1) is 0 Å². The molecule has 0 bridgehead atoms. The van der Waals surface area contributed by atoms with Crippen molar-refractivity contribution in [2.75, 3.05) is 59.2 Å². The van der Waals surface area contributed by atoms with E-state index in [0.29, 0.717) is 12.1 Å². The molecule has 1 fully saturated rings. The number of benzene rings is 1. The fraction of sp³-hybridized carbons (Fsp3) is 0.500. The van der Waals surface area contributed by atoms with Crippen LogP contribution in [0.25, 0.3) is 0 Å². The van der Waals surface area contributed by atoms with Gasteiger partial charge in [0.2, 0.25) is 5.91 Å². The van der Waals surface area contributed by atoms with Crippen LogP contribution in [0.1, 0.15) is 10.4 Å². The van der Waals surface area contributed by atoms with Gasteiger partial charge < -0.3 is 15.1 Å². The van der Waals surface area contributed by atoms with Gasteiger partial charge in [-0.05, 0) is 31.3 Å². The van der Waals surface area contributed by atoms with E-state index >= 15 is 0 Å². The third-order valence-electron chi connectivity index (χ3n) is 3.78. The number of nitrogens with one attached hydrogen (secondary N) is 1. The monoisotopic (exact) mass is 304 g/mol. The second-order valence-corrected chi connectivity index (χ2v) is 5.90. The summed E-state index contributed by atoms with van der Waals surface area (Å²) in [5.41, 5.74) is 1.33. The van der Waals surface area contributed by atoms with Gasteiger partial charge >= 0.3 is 0 Å². The summed E-state index contributed by atoms with van der Waals surface area (Å²) < 4.78 is 0. The number of rotatable bonds is 4. The Bertz CT molecular complexity index is 519. The SMILES string of the molecule is CN1CCN(CC(=O)Nc2ccc(C(=O)N(C)C)cc2)CC1. The topological polar surface area (TPSA) is 55.9 Å². The normalized spacial score (nSPS) is 16.3. The first kappa shape index (κ1) is 16.5. The second-order valence-electron chi connectivity index (χ2n) is 5.90. The van der Waals surface area contributed by atoms with Gasteiger partial charge in [0.1, 0.15) is 0 Å². The van der Waals surface area contributed by atoms with E-state index in [2.05, 4.69) is 22.2 Å². The lowest BCUT2D eigenvalue weighted by molar-refractivity contribution is -0.117. The van der Waals surface area contributed by atoms with Gasteiger partial charge in [0.15, 0.2) is 0 Å². The van der Waals surface area contributed by atoms with Crippen molar-refractivity contribution in [1.29, 1.82) is 0 Å². The van der Waals surface area contributed by atoms with Crippen molar-refractivity contribution in [3.8, 4) is 0 Å². The number of piperazine rings is 1. The highest BCUT2D eigenvalue weighted by Gasteiger charge is 2.16. The zero-order chi connectivity index (χ0) is 16.1. The van der Waals surface area contributed by atoms with Gasteiger partial charge in [-0.2, -0.15) is 0 Å². The van der Waals surface area contributed by atoms with Crippen LogP contribution in [-0.2, 0) is 4.79 Å². The molecule has 1 aliphatic heterocycles. The lowest BCUT2D eigenvalue weighted by Gasteiger charge is -2.31. The van der Waals surface area contributed by atoms with E-state index in [1.807, 2.05) is 0 Å². The summed E-state index contributed by atoms with van der Waals surface area (Å²) in [5.74, 6) is -0.0634. The van der Waals surface area contributed by atoms with Crippen molar-refractivity contribution in [1.82, 2.24) is 14.7 Å². The predicted molar refractivity (Wildman–Crippen MR) is 87.0 cm³/mol. The molecule has 120 valence electrons. The average molecular weight is 304 g/mol. The van der Waals surface area contributed by atoms with Gasteiger partial charge in [-0.1, -0.05) is 0 Å². The van der Waals surface area contributed by atoms with Crippen LogP contribution < -0.4 is 5.32 Å². The molecule has 1 N–H and O–H groups in total. The van der Waals surface area contributed by atoms with Crippen LogP contribution in [0.15, 0.2) is 24.3 Å². The Hall–Kier alpha value is -1.92. The van der Waals surface area contributed by atoms with Crippen molar-refractivity contribution in [3.63, 3.8) is 0 Å². The third kappa shape index (κ3) is 4.54. The maximum absolute atomic E-state index is 12.0. The van der Waals surface area contributed by atoms with E-state index in [-0.39, 0.29) is 11.8 Å². The van der Waals surface area contributed by atoms with E-state index in [4.69, 9.17) is 0 Å². The maximum Gasteiger partial charge on any atom is 0.253 e. The minimum absolute atomic E-state index is 0.0174. The first-order valence-corrected chi connectivity index (χ1v) is 7.48. The minimum Gasteiger partial charge on any atom is -0.345 e. The first-order valence-electron chi connectivity index (χ1n) is 7.48. The van der Waals surface area contributed by atoms with Crippen LogP contribution in [-0.4, -0.2) is 80.4 Å². The first-order chi connectivity index (χ1) is 10.5. The van der Waals surface area contributed by atoms with Crippen LogP contribution in [0.2, 0.25) is 0 Å². The number of carbonyl (C=O) groups excluding carboxylic acids is 2. The molecular formula is C16H24N4O2. The van der Waals surface area contributed by atoms with Gasteiger partial charge in [-0.15, -0.1) is 0 Å². The Labute approximate surface area is 131 Å². The summed E-state index contributed by atoms with van der Waals surface area (Å²) in [6.45, 7) is 4.23. The number of amides is 2. The van der Waals surface area contributed by atoms with Crippen LogP contribution in [0.3, 0.4) is 0 Å². The molecule has 2 amide bonds. The molecule has 1 aliphatic rings. The Morgan fingerprint density at radius 3 is 2.23 bits per heavy atom. The smallest absolute Gasteiger partial charge is 0.253 e. The van der Waals surface area contributed by atoms with Gasteiger partial charge in [0.25, 0.3) is 5.91 Å². The number of carbonyl (C=O) groups is 2. The molecular weight excluding hydrogens is 280 g/mol. The maximum atomic E-state index is 12.0. The molecule has 0 saturated carbocycles. The van der Waals surface area contributed by atoms with Crippen molar-refractivity contribution >= 4 is 17.5 Å². The summed E-state index contributed by atoms with van der Waals surface area (Å²) >= 11 is 0. The molecule has 1 saturated heterocycles.